The van der Waals surface area contributed by atoms with Crippen LogP contribution in [0, 0.1) is 22.7 Å². The molecule has 0 aliphatic heterocycles. The number of hydrogen-bond donors (Lipinski definition) is 4. The zero-order chi connectivity index (χ0) is 39.9. The van der Waals surface area contributed by atoms with E-state index in [1.807, 2.05) is 0 Å². The summed E-state index contributed by atoms with van der Waals surface area (Å²) in [4.78, 5) is 32.5. The van der Waals surface area contributed by atoms with Crippen molar-refractivity contribution in [2.45, 2.75) is 0 Å². The van der Waals surface area contributed by atoms with Crippen LogP contribution >= 0.6 is 23.2 Å². The van der Waals surface area contributed by atoms with Gasteiger partial charge in [0.1, 0.15) is 22.8 Å². The molecule has 2 amide bonds. The summed E-state index contributed by atoms with van der Waals surface area (Å²) in [5.41, 5.74) is 10.5. The van der Waals surface area contributed by atoms with E-state index in [1.54, 1.807) is 109 Å². The highest BCUT2D eigenvalue weighted by Gasteiger charge is 2.27. The number of nitriles is 2. The number of amides is 2. The largest absolute Gasteiger partial charge is 0.508 e. The van der Waals surface area contributed by atoms with Crippen LogP contribution in [0.1, 0.15) is 22.5 Å². The predicted octanol–water partition coefficient (Wildman–Crippen LogP) is 9.18. The molecule has 276 valence electrons. The van der Waals surface area contributed by atoms with E-state index in [1.165, 1.54) is 24.3 Å². The number of nitrogens with two attached hydrogens (primary N) is 1. The fourth-order valence-electron chi connectivity index (χ4n) is 5.65. The Hall–Kier alpha value is -7.84. The van der Waals surface area contributed by atoms with Crippen LogP contribution in [0.15, 0.2) is 139 Å². The van der Waals surface area contributed by atoms with Crippen molar-refractivity contribution in [2.75, 3.05) is 15.6 Å². The minimum Gasteiger partial charge on any atom is -0.508 e. The molecule has 15 heteroatoms. The number of carbonyl (C=O) groups is 1. The first kappa shape index (κ1) is 37.5. The Bertz CT molecular complexity index is 2580. The third-order valence-electron chi connectivity index (χ3n) is 8.40. The normalized spacial score (nSPS) is 10.5. The topological polar surface area (TPSA) is 202 Å². The number of primary amides is 1. The summed E-state index contributed by atoms with van der Waals surface area (Å²) in [6.45, 7) is 0. The van der Waals surface area contributed by atoms with E-state index in [0.29, 0.717) is 54.8 Å². The van der Waals surface area contributed by atoms with Crippen molar-refractivity contribution < 1.29 is 9.90 Å². The number of carbonyl (C=O) groups excluding carboxylic acids is 1. The summed E-state index contributed by atoms with van der Waals surface area (Å²) in [6, 6.07) is 36.5. The molecule has 2 aromatic heterocycles. The first-order valence-corrected chi connectivity index (χ1v) is 17.7. The van der Waals surface area contributed by atoms with Crippen molar-refractivity contribution in [1.82, 2.24) is 19.9 Å². The van der Waals surface area contributed by atoms with Crippen LogP contribution in [0.3, 0.4) is 0 Å². The number of halogens is 2. The zero-order valence-corrected chi connectivity index (χ0v) is 31.0. The third-order valence-corrected chi connectivity index (χ3v) is 9.06. The lowest BCUT2D eigenvalue weighted by atomic mass is 9.97. The second-order valence-electron chi connectivity index (χ2n) is 12.1. The standard InChI is InChI=1S/C42H27Cl2N11O2/c43-35-7-3-1-5-31(35)33-23-48-41(50-27-13-9-25(21-45)10-14-27)52-37(33)39(54-55(40(47)57)29-17-19-30(56)20-18-29)38-34(32-6-2-4-8-36(32)44)24-49-42(53-38)51-28-15-11-26(22-46)12-16-28/h1-20,23-24,56H,(H2,47,57)(H,48,50,52)(H,49,51,53). The number of benzene rings is 5. The highest BCUT2D eigenvalue weighted by Crippen LogP contribution is 2.36. The monoisotopic (exact) mass is 787 g/mol. The first-order chi connectivity index (χ1) is 27.7. The lowest BCUT2D eigenvalue weighted by Crippen LogP contribution is -2.33. The van der Waals surface area contributed by atoms with Crippen LogP contribution in [-0.4, -0.2) is 36.8 Å². The van der Waals surface area contributed by atoms with Gasteiger partial charge < -0.3 is 21.5 Å². The number of nitrogens with zero attached hydrogens (tertiary/aromatic N) is 8. The van der Waals surface area contributed by atoms with Gasteiger partial charge >= 0.3 is 6.03 Å². The molecule has 2 heterocycles. The van der Waals surface area contributed by atoms with Gasteiger partial charge in [0, 0.05) is 56.1 Å². The summed E-state index contributed by atoms with van der Waals surface area (Å²) in [5, 5.41) is 41.7. The van der Waals surface area contributed by atoms with Gasteiger partial charge in [-0.3, -0.25) is 0 Å². The molecular weight excluding hydrogens is 761 g/mol. The number of anilines is 5. The highest BCUT2D eigenvalue weighted by molar-refractivity contribution is 6.34. The molecule has 0 bridgehead atoms. The van der Waals surface area contributed by atoms with Crippen LogP contribution in [0.4, 0.5) is 33.8 Å². The number of hydrogen-bond acceptors (Lipinski definition) is 11. The summed E-state index contributed by atoms with van der Waals surface area (Å²) in [6.07, 6.45) is 3.12. The molecule has 0 atom stereocenters. The Labute approximate surface area is 336 Å². The van der Waals surface area contributed by atoms with Gasteiger partial charge in [-0.05, 0) is 84.9 Å². The van der Waals surface area contributed by atoms with Gasteiger partial charge in [0.25, 0.3) is 0 Å². The highest BCUT2D eigenvalue weighted by atomic mass is 35.5. The average Bonchev–Trinajstić information content (AvgIpc) is 3.23. The fourth-order valence-corrected chi connectivity index (χ4v) is 6.12. The van der Waals surface area contributed by atoms with Crippen LogP contribution in [0.25, 0.3) is 22.3 Å². The molecule has 0 radical (unpaired) electrons. The Morgan fingerprint density at radius 2 is 1.09 bits per heavy atom. The van der Waals surface area contributed by atoms with E-state index in [4.69, 9.17) is 44.0 Å². The van der Waals surface area contributed by atoms with Crippen LogP contribution < -0.4 is 21.4 Å². The van der Waals surface area contributed by atoms with Crippen molar-refractivity contribution in [3.05, 3.63) is 166 Å². The molecule has 0 aliphatic rings. The summed E-state index contributed by atoms with van der Waals surface area (Å²) >= 11 is 13.6. The quantitative estimate of drug-likeness (QED) is 0.0764. The molecule has 7 aromatic rings. The molecule has 5 N–H and O–H groups in total. The number of rotatable bonds is 10. The number of hydrazone groups is 1. The minimum absolute atomic E-state index is 0.0160. The Balaban J connectivity index is 1.53. The number of aromatic hydroxyl groups is 1. The van der Waals surface area contributed by atoms with Crippen molar-refractivity contribution >= 4 is 63.9 Å². The van der Waals surface area contributed by atoms with Gasteiger partial charge in [0.05, 0.1) is 29.0 Å². The summed E-state index contributed by atoms with van der Waals surface area (Å²) in [7, 11) is 0. The summed E-state index contributed by atoms with van der Waals surface area (Å²) in [5.74, 6) is 0.202. The van der Waals surface area contributed by atoms with Crippen molar-refractivity contribution in [3.63, 3.8) is 0 Å². The van der Waals surface area contributed by atoms with Gasteiger partial charge in [-0.1, -0.05) is 59.6 Å². The number of aromatic nitrogens is 4. The fraction of sp³-hybridized carbons (Fsp3) is 0. The maximum atomic E-state index is 13.3. The molecule has 0 saturated heterocycles. The number of phenols is 1. The van der Waals surface area contributed by atoms with Gasteiger partial charge in [0.2, 0.25) is 11.9 Å². The molecule has 7 rings (SSSR count). The summed E-state index contributed by atoms with van der Waals surface area (Å²) < 4.78 is 0. The number of urea groups is 1. The maximum absolute atomic E-state index is 13.3. The molecule has 0 spiro atoms. The zero-order valence-electron chi connectivity index (χ0n) is 29.5. The van der Waals surface area contributed by atoms with E-state index in [2.05, 4.69) is 32.7 Å². The third kappa shape index (κ3) is 8.46. The molecule has 5 aromatic carbocycles. The number of nitrogens with one attached hydrogen (secondary N) is 2. The van der Waals surface area contributed by atoms with E-state index in [0.717, 1.165) is 5.01 Å². The van der Waals surface area contributed by atoms with Gasteiger partial charge in [0.15, 0.2) is 0 Å². The van der Waals surface area contributed by atoms with E-state index >= 15 is 0 Å². The number of phenolic OH excluding ortho intramolecular Hbond substituents is 1. The molecule has 0 fully saturated rings. The Morgan fingerprint density at radius 1 is 0.649 bits per heavy atom. The van der Waals surface area contributed by atoms with Gasteiger partial charge in [-0.25, -0.2) is 24.7 Å². The SMILES string of the molecule is N#Cc1ccc(Nc2ncc(-c3ccccc3Cl)c(C(=NN(C(N)=O)c3ccc(O)cc3)c3nc(Nc4ccc(C#N)cc4)ncc3-c3ccccc3Cl)n2)cc1. The van der Waals surface area contributed by atoms with Crippen LogP contribution in [0.5, 0.6) is 5.75 Å². The average molecular weight is 789 g/mol. The van der Waals surface area contributed by atoms with Crippen molar-refractivity contribution in [3.8, 4) is 40.1 Å². The molecule has 57 heavy (non-hydrogen) atoms. The molecule has 13 nitrogen and oxygen atoms in total. The Kier molecular flexibility index (Phi) is 11.0. The smallest absolute Gasteiger partial charge is 0.340 e. The lowest BCUT2D eigenvalue weighted by Gasteiger charge is -2.21. The van der Waals surface area contributed by atoms with E-state index < -0.39 is 6.03 Å². The van der Waals surface area contributed by atoms with Crippen LogP contribution in [0.2, 0.25) is 10.0 Å². The van der Waals surface area contributed by atoms with Gasteiger partial charge in [-0.15, -0.1) is 0 Å². The molecule has 0 unspecified atom stereocenters. The Morgan fingerprint density at radius 3 is 1.49 bits per heavy atom. The lowest BCUT2D eigenvalue weighted by molar-refractivity contribution is 0.254. The molecular formula is C42H27Cl2N11O2. The van der Waals surface area contributed by atoms with E-state index in [-0.39, 0.29) is 40.4 Å². The first-order valence-electron chi connectivity index (χ1n) is 17.0. The van der Waals surface area contributed by atoms with Crippen molar-refractivity contribution in [1.29, 1.82) is 10.5 Å². The van der Waals surface area contributed by atoms with Gasteiger partial charge in [-0.2, -0.15) is 20.6 Å². The second-order valence-corrected chi connectivity index (χ2v) is 12.9. The van der Waals surface area contributed by atoms with Crippen LogP contribution in [-0.2, 0) is 0 Å². The minimum atomic E-state index is -0.966. The molecule has 0 aliphatic carbocycles. The second kappa shape index (κ2) is 16.7. The molecule has 0 saturated carbocycles. The maximum Gasteiger partial charge on any atom is 0.340 e. The van der Waals surface area contributed by atoms with E-state index in [9.17, 15) is 20.4 Å². The predicted molar refractivity (Wildman–Crippen MR) is 220 cm³/mol. The van der Waals surface area contributed by atoms with Crippen molar-refractivity contribution in [2.24, 2.45) is 10.8 Å².